The van der Waals surface area contributed by atoms with E-state index in [1.165, 1.54) is 4.90 Å². The van der Waals surface area contributed by atoms with Crippen molar-refractivity contribution in [3.8, 4) is 0 Å². The first-order chi connectivity index (χ1) is 7.47. The molecule has 0 saturated carbocycles. The fourth-order valence-electron chi connectivity index (χ4n) is 1.58. The summed E-state index contributed by atoms with van der Waals surface area (Å²) in [5, 5.41) is 9.53. The Morgan fingerprint density at radius 2 is 2.19 bits per heavy atom. The zero-order chi connectivity index (χ0) is 12.3. The second kappa shape index (κ2) is 5.01. The third-order valence-corrected chi connectivity index (χ3v) is 2.23. The summed E-state index contributed by atoms with van der Waals surface area (Å²) >= 11 is 0. The fraction of sp³-hybridized carbons (Fsp3) is 0.636. The molecule has 1 N–H and O–H groups in total. The molecular weight excluding hydrogens is 210 g/mol. The van der Waals surface area contributed by atoms with Crippen LogP contribution in [0.1, 0.15) is 20.8 Å². The molecular formula is C11H17NO4. The number of rotatable bonds is 4. The summed E-state index contributed by atoms with van der Waals surface area (Å²) < 4.78 is 4.76. The molecule has 16 heavy (non-hydrogen) atoms. The molecule has 5 nitrogen and oxygen atoms in total. The van der Waals surface area contributed by atoms with Crippen molar-refractivity contribution in [3.05, 3.63) is 11.3 Å². The third kappa shape index (κ3) is 2.53. The Hall–Kier alpha value is -1.52. The van der Waals surface area contributed by atoms with Crippen molar-refractivity contribution >= 4 is 11.9 Å². The first-order valence-electron chi connectivity index (χ1n) is 5.35. The van der Waals surface area contributed by atoms with Crippen LogP contribution in [0.2, 0.25) is 0 Å². The molecule has 1 heterocycles. The first kappa shape index (κ1) is 12.5. The number of hydrogen-bond donors (Lipinski definition) is 1. The predicted molar refractivity (Wildman–Crippen MR) is 57.7 cm³/mol. The van der Waals surface area contributed by atoms with E-state index in [2.05, 4.69) is 0 Å². The Balaban J connectivity index is 2.74. The third-order valence-electron chi connectivity index (χ3n) is 2.23. The van der Waals surface area contributed by atoms with Crippen LogP contribution in [0.3, 0.4) is 0 Å². The molecule has 0 saturated heterocycles. The molecule has 0 bridgehead atoms. The van der Waals surface area contributed by atoms with Gasteiger partial charge in [-0.05, 0) is 12.8 Å². The van der Waals surface area contributed by atoms with E-state index in [0.29, 0.717) is 12.5 Å². The lowest BCUT2D eigenvalue weighted by Gasteiger charge is -2.18. The molecule has 0 aromatic heterocycles. The topological polar surface area (TPSA) is 66.8 Å². The Morgan fingerprint density at radius 3 is 2.69 bits per heavy atom. The van der Waals surface area contributed by atoms with E-state index in [1.54, 1.807) is 6.92 Å². The molecule has 1 aliphatic heterocycles. The minimum absolute atomic E-state index is 0.0625. The van der Waals surface area contributed by atoms with Gasteiger partial charge in [0.1, 0.15) is 5.57 Å². The number of carbonyl (C=O) groups excluding carboxylic acids is 2. The van der Waals surface area contributed by atoms with E-state index in [4.69, 9.17) is 4.74 Å². The van der Waals surface area contributed by atoms with Gasteiger partial charge < -0.3 is 14.7 Å². The van der Waals surface area contributed by atoms with Crippen molar-refractivity contribution < 1.29 is 19.4 Å². The van der Waals surface area contributed by atoms with E-state index in [9.17, 15) is 14.7 Å². The average molecular weight is 227 g/mol. The zero-order valence-electron chi connectivity index (χ0n) is 9.82. The Kier molecular flexibility index (Phi) is 3.93. The molecule has 0 fully saturated rings. The number of ether oxygens (including phenoxy) is 1. The Morgan fingerprint density at radius 1 is 1.56 bits per heavy atom. The van der Waals surface area contributed by atoms with Crippen molar-refractivity contribution in [2.75, 3.05) is 19.7 Å². The summed E-state index contributed by atoms with van der Waals surface area (Å²) in [6, 6.07) is 0. The van der Waals surface area contributed by atoms with Gasteiger partial charge in [0.2, 0.25) is 0 Å². The van der Waals surface area contributed by atoms with Gasteiger partial charge in [-0.15, -0.1) is 0 Å². The maximum atomic E-state index is 11.6. The molecule has 0 aliphatic carbocycles. The van der Waals surface area contributed by atoms with Gasteiger partial charge in [-0.3, -0.25) is 4.79 Å². The van der Waals surface area contributed by atoms with Gasteiger partial charge in [0.25, 0.3) is 5.91 Å². The summed E-state index contributed by atoms with van der Waals surface area (Å²) in [5.74, 6) is -1.28. The van der Waals surface area contributed by atoms with Gasteiger partial charge in [0.05, 0.1) is 13.2 Å². The van der Waals surface area contributed by atoms with Crippen LogP contribution in [0, 0.1) is 5.92 Å². The number of carbonyl (C=O) groups is 2. The molecule has 1 aliphatic rings. The number of esters is 1. The molecule has 1 rings (SSSR count). The summed E-state index contributed by atoms with van der Waals surface area (Å²) in [6.07, 6.45) is 0. The van der Waals surface area contributed by atoms with Crippen molar-refractivity contribution in [2.24, 2.45) is 5.92 Å². The number of amides is 1. The van der Waals surface area contributed by atoms with Crippen molar-refractivity contribution in [1.82, 2.24) is 4.90 Å². The largest absolute Gasteiger partial charge is 0.503 e. The monoisotopic (exact) mass is 227 g/mol. The molecule has 0 unspecified atom stereocenters. The van der Waals surface area contributed by atoms with Crippen LogP contribution in [-0.2, 0) is 14.3 Å². The van der Waals surface area contributed by atoms with E-state index in [1.807, 2.05) is 13.8 Å². The lowest BCUT2D eigenvalue weighted by molar-refractivity contribution is -0.138. The van der Waals surface area contributed by atoms with Crippen LogP contribution in [0.15, 0.2) is 11.3 Å². The molecule has 0 atom stereocenters. The number of aliphatic hydroxyl groups is 1. The highest BCUT2D eigenvalue weighted by atomic mass is 16.5. The summed E-state index contributed by atoms with van der Waals surface area (Å²) in [6.45, 7) is 6.50. The molecule has 0 radical (unpaired) electrons. The molecule has 90 valence electrons. The second-order valence-corrected chi connectivity index (χ2v) is 4.13. The van der Waals surface area contributed by atoms with Crippen LogP contribution in [0.5, 0.6) is 0 Å². The van der Waals surface area contributed by atoms with Crippen LogP contribution >= 0.6 is 0 Å². The Labute approximate surface area is 94.7 Å². The van der Waals surface area contributed by atoms with Gasteiger partial charge in [-0.25, -0.2) is 4.79 Å². The first-order valence-corrected chi connectivity index (χ1v) is 5.35. The van der Waals surface area contributed by atoms with E-state index < -0.39 is 17.6 Å². The maximum Gasteiger partial charge on any atom is 0.339 e. The zero-order valence-corrected chi connectivity index (χ0v) is 9.82. The molecule has 0 aromatic carbocycles. The van der Waals surface area contributed by atoms with Gasteiger partial charge >= 0.3 is 5.97 Å². The Bertz CT molecular complexity index is 333. The maximum absolute atomic E-state index is 11.6. The summed E-state index contributed by atoms with van der Waals surface area (Å²) in [7, 11) is 0. The second-order valence-electron chi connectivity index (χ2n) is 4.13. The smallest absolute Gasteiger partial charge is 0.339 e. The standard InChI is InChI=1S/C11H17NO4/c1-4-16-11(15)8-6-12(5-7(2)3)10(14)9(8)13/h7,13H,4-6H2,1-3H3. The minimum atomic E-state index is -0.611. The van der Waals surface area contributed by atoms with Crippen molar-refractivity contribution in [2.45, 2.75) is 20.8 Å². The fourth-order valence-corrected chi connectivity index (χ4v) is 1.58. The van der Waals surface area contributed by atoms with E-state index in [0.717, 1.165) is 0 Å². The van der Waals surface area contributed by atoms with Crippen LogP contribution < -0.4 is 0 Å². The molecule has 5 heteroatoms. The highest BCUT2D eigenvalue weighted by Crippen LogP contribution is 2.19. The summed E-state index contributed by atoms with van der Waals surface area (Å²) in [4.78, 5) is 24.4. The highest BCUT2D eigenvalue weighted by Gasteiger charge is 2.34. The van der Waals surface area contributed by atoms with Gasteiger partial charge in [0, 0.05) is 6.54 Å². The molecule has 0 aromatic rings. The van der Waals surface area contributed by atoms with Gasteiger partial charge in [-0.1, -0.05) is 13.8 Å². The van der Waals surface area contributed by atoms with Crippen LogP contribution in [0.25, 0.3) is 0 Å². The number of nitrogens with zero attached hydrogens (tertiary/aromatic N) is 1. The lowest BCUT2D eigenvalue weighted by Crippen LogP contribution is -2.31. The minimum Gasteiger partial charge on any atom is -0.503 e. The van der Waals surface area contributed by atoms with Crippen molar-refractivity contribution in [3.63, 3.8) is 0 Å². The van der Waals surface area contributed by atoms with E-state index >= 15 is 0 Å². The van der Waals surface area contributed by atoms with Gasteiger partial charge in [0.15, 0.2) is 5.76 Å². The molecule has 0 spiro atoms. The quantitative estimate of drug-likeness (QED) is 0.723. The average Bonchev–Trinajstić information content (AvgIpc) is 2.46. The number of hydrogen-bond acceptors (Lipinski definition) is 4. The van der Waals surface area contributed by atoms with Gasteiger partial charge in [-0.2, -0.15) is 0 Å². The lowest BCUT2D eigenvalue weighted by atomic mass is 10.2. The molecule has 1 amide bonds. The SMILES string of the molecule is CCOC(=O)C1=C(O)C(=O)N(CC(C)C)C1. The highest BCUT2D eigenvalue weighted by molar-refractivity contribution is 6.05. The number of aliphatic hydroxyl groups excluding tert-OH is 1. The van der Waals surface area contributed by atoms with Crippen LogP contribution in [0.4, 0.5) is 0 Å². The van der Waals surface area contributed by atoms with E-state index in [-0.39, 0.29) is 18.7 Å². The normalized spacial score (nSPS) is 16.2. The van der Waals surface area contributed by atoms with Crippen LogP contribution in [-0.4, -0.2) is 41.6 Å². The predicted octanol–water partition coefficient (Wildman–Crippen LogP) is 0.860. The van der Waals surface area contributed by atoms with Crippen molar-refractivity contribution in [1.29, 1.82) is 0 Å². The summed E-state index contributed by atoms with van der Waals surface area (Å²) in [5.41, 5.74) is 0.0625.